The highest BCUT2D eigenvalue weighted by molar-refractivity contribution is 5.89. The number of rotatable bonds is 6. The van der Waals surface area contributed by atoms with Crippen molar-refractivity contribution in [3.8, 4) is 22.9 Å². The third-order valence-corrected chi connectivity index (χ3v) is 3.66. The zero-order valence-corrected chi connectivity index (χ0v) is 13.7. The molecule has 0 aliphatic carbocycles. The molecule has 1 N–H and O–H groups in total. The number of carboxylic acids is 1. The van der Waals surface area contributed by atoms with Crippen LogP contribution in [0.2, 0.25) is 0 Å². The van der Waals surface area contributed by atoms with E-state index in [2.05, 4.69) is 4.98 Å². The Labute approximate surface area is 145 Å². The summed E-state index contributed by atoms with van der Waals surface area (Å²) in [6.07, 6.45) is 0. The quantitative estimate of drug-likeness (QED) is 0.736. The molecule has 3 rings (SSSR count). The Hall–Kier alpha value is -3.34. The summed E-state index contributed by atoms with van der Waals surface area (Å²) in [5.41, 5.74) is 2.43. The molecule has 0 saturated heterocycles. The number of hydrogen-bond donors (Lipinski definition) is 1. The van der Waals surface area contributed by atoms with E-state index in [0.29, 0.717) is 12.3 Å². The Morgan fingerprint density at radius 3 is 2.40 bits per heavy atom. The van der Waals surface area contributed by atoms with E-state index in [1.807, 2.05) is 42.5 Å². The molecule has 5 nitrogen and oxygen atoms in total. The van der Waals surface area contributed by atoms with Crippen molar-refractivity contribution >= 4 is 5.97 Å². The molecule has 2 aromatic carbocycles. The molecule has 0 aliphatic heterocycles. The van der Waals surface area contributed by atoms with Gasteiger partial charge >= 0.3 is 5.97 Å². The van der Waals surface area contributed by atoms with Crippen LogP contribution >= 0.6 is 0 Å². The van der Waals surface area contributed by atoms with E-state index in [-0.39, 0.29) is 11.4 Å². The molecule has 5 heteroatoms. The van der Waals surface area contributed by atoms with Gasteiger partial charge in [0.25, 0.3) is 0 Å². The number of nitrogens with zero attached hydrogens (tertiary/aromatic N) is 1. The molecule has 0 bridgehead atoms. The molecule has 3 aromatic rings. The van der Waals surface area contributed by atoms with Gasteiger partial charge in [-0.3, -0.25) is 0 Å². The van der Waals surface area contributed by atoms with Crippen molar-refractivity contribution in [2.45, 2.75) is 6.61 Å². The van der Waals surface area contributed by atoms with Crippen LogP contribution in [0.3, 0.4) is 0 Å². The molecule has 0 atom stereocenters. The summed E-state index contributed by atoms with van der Waals surface area (Å²) in [6.45, 7) is 0.318. The fraction of sp³-hybridized carbons (Fsp3) is 0.100. The highest BCUT2D eigenvalue weighted by atomic mass is 16.5. The summed E-state index contributed by atoms with van der Waals surface area (Å²) < 4.78 is 10.8. The Kier molecular flexibility index (Phi) is 4.95. The largest absolute Gasteiger partial charge is 0.497 e. The van der Waals surface area contributed by atoms with E-state index in [1.54, 1.807) is 19.2 Å². The average molecular weight is 335 g/mol. The maximum atomic E-state index is 11.4. The molecule has 0 fully saturated rings. The van der Waals surface area contributed by atoms with Crippen molar-refractivity contribution in [3.05, 3.63) is 77.9 Å². The normalized spacial score (nSPS) is 10.3. The van der Waals surface area contributed by atoms with Crippen LogP contribution in [0.1, 0.15) is 15.9 Å². The molecule has 0 unspecified atom stereocenters. The van der Waals surface area contributed by atoms with Crippen LogP contribution in [-0.2, 0) is 6.61 Å². The van der Waals surface area contributed by atoms with E-state index in [9.17, 15) is 9.90 Å². The molecule has 25 heavy (non-hydrogen) atoms. The minimum absolute atomic E-state index is 0.129. The molecule has 0 saturated carbocycles. The van der Waals surface area contributed by atoms with Crippen LogP contribution in [0.4, 0.5) is 0 Å². The first-order valence-corrected chi connectivity index (χ1v) is 7.72. The molecule has 0 radical (unpaired) electrons. The third-order valence-electron chi connectivity index (χ3n) is 3.66. The first-order chi connectivity index (χ1) is 12.2. The summed E-state index contributed by atoms with van der Waals surface area (Å²) >= 11 is 0. The van der Waals surface area contributed by atoms with Gasteiger partial charge in [0.15, 0.2) is 0 Å². The predicted molar refractivity (Wildman–Crippen MR) is 94.0 cm³/mol. The first kappa shape index (κ1) is 16.5. The van der Waals surface area contributed by atoms with Crippen molar-refractivity contribution in [2.75, 3.05) is 7.11 Å². The van der Waals surface area contributed by atoms with Crippen LogP contribution < -0.4 is 9.47 Å². The number of methoxy groups -OCH3 is 1. The lowest BCUT2D eigenvalue weighted by Crippen LogP contribution is -2.03. The van der Waals surface area contributed by atoms with Crippen molar-refractivity contribution < 1.29 is 19.4 Å². The van der Waals surface area contributed by atoms with Crippen molar-refractivity contribution in [1.29, 1.82) is 0 Å². The van der Waals surface area contributed by atoms with Crippen LogP contribution in [0, 0.1) is 0 Å². The lowest BCUT2D eigenvalue weighted by atomic mass is 10.1. The number of benzene rings is 2. The summed E-state index contributed by atoms with van der Waals surface area (Å²) in [7, 11) is 1.59. The van der Waals surface area contributed by atoms with Gasteiger partial charge in [-0.15, -0.1) is 0 Å². The number of carbonyl (C=O) groups is 1. The molecular formula is C20H17NO4. The molecule has 0 spiro atoms. The number of aromatic carboxylic acids is 1. The second-order valence-corrected chi connectivity index (χ2v) is 5.39. The summed E-state index contributed by atoms with van der Waals surface area (Å²) in [6, 6.07) is 19.8. The van der Waals surface area contributed by atoms with Crippen LogP contribution in [0.15, 0.2) is 66.7 Å². The van der Waals surface area contributed by atoms with Crippen molar-refractivity contribution in [3.63, 3.8) is 0 Å². The molecule has 1 heterocycles. The van der Waals surface area contributed by atoms with Crippen molar-refractivity contribution in [2.24, 2.45) is 0 Å². The lowest BCUT2D eigenvalue weighted by Gasteiger charge is -2.09. The topological polar surface area (TPSA) is 68.7 Å². The maximum absolute atomic E-state index is 11.4. The van der Waals surface area contributed by atoms with E-state index in [1.165, 1.54) is 12.1 Å². The Morgan fingerprint density at radius 1 is 1.04 bits per heavy atom. The second kappa shape index (κ2) is 7.49. The average Bonchev–Trinajstić information content (AvgIpc) is 2.67. The molecule has 0 amide bonds. The standard InChI is InChI=1S/C20H17NO4/c1-24-17-9-7-15(8-10-17)18-11-16(20(22)23)12-19(21-18)25-13-14-5-3-2-4-6-14/h2-12H,13H2,1H3,(H,22,23). The Balaban J connectivity index is 1.89. The van der Waals surface area contributed by atoms with Gasteiger partial charge in [-0.1, -0.05) is 30.3 Å². The van der Waals surface area contributed by atoms with Gasteiger partial charge in [-0.2, -0.15) is 0 Å². The SMILES string of the molecule is COc1ccc(-c2cc(C(=O)O)cc(OCc3ccccc3)n2)cc1. The van der Waals surface area contributed by atoms with E-state index in [0.717, 1.165) is 16.9 Å². The fourth-order valence-corrected chi connectivity index (χ4v) is 2.34. The van der Waals surface area contributed by atoms with Gasteiger partial charge in [0.1, 0.15) is 12.4 Å². The zero-order valence-electron chi connectivity index (χ0n) is 13.7. The minimum Gasteiger partial charge on any atom is -0.497 e. The van der Waals surface area contributed by atoms with E-state index >= 15 is 0 Å². The Bertz CT molecular complexity index is 861. The highest BCUT2D eigenvalue weighted by Crippen LogP contribution is 2.25. The van der Waals surface area contributed by atoms with Gasteiger partial charge in [-0.05, 0) is 35.9 Å². The molecule has 126 valence electrons. The van der Waals surface area contributed by atoms with Gasteiger partial charge < -0.3 is 14.6 Å². The maximum Gasteiger partial charge on any atom is 0.335 e. The second-order valence-electron chi connectivity index (χ2n) is 5.39. The smallest absolute Gasteiger partial charge is 0.335 e. The molecular weight excluding hydrogens is 318 g/mol. The monoisotopic (exact) mass is 335 g/mol. The number of pyridine rings is 1. The molecule has 0 aliphatic rings. The molecule has 1 aromatic heterocycles. The zero-order chi connectivity index (χ0) is 17.6. The lowest BCUT2D eigenvalue weighted by molar-refractivity contribution is 0.0696. The Morgan fingerprint density at radius 2 is 1.76 bits per heavy atom. The number of carboxylic acid groups (broad SMARTS) is 1. The van der Waals surface area contributed by atoms with Crippen LogP contribution in [-0.4, -0.2) is 23.2 Å². The summed E-state index contributed by atoms with van der Waals surface area (Å²) in [5.74, 6) is -0.0324. The highest BCUT2D eigenvalue weighted by Gasteiger charge is 2.11. The van der Waals surface area contributed by atoms with E-state index < -0.39 is 5.97 Å². The van der Waals surface area contributed by atoms with Crippen LogP contribution in [0.25, 0.3) is 11.3 Å². The summed E-state index contributed by atoms with van der Waals surface area (Å²) in [4.78, 5) is 15.8. The predicted octanol–water partition coefficient (Wildman–Crippen LogP) is 4.03. The number of ether oxygens (including phenoxy) is 2. The van der Waals surface area contributed by atoms with Gasteiger partial charge in [0, 0.05) is 11.6 Å². The third kappa shape index (κ3) is 4.14. The van der Waals surface area contributed by atoms with E-state index in [4.69, 9.17) is 9.47 Å². The fourth-order valence-electron chi connectivity index (χ4n) is 2.34. The van der Waals surface area contributed by atoms with Gasteiger partial charge in [0.2, 0.25) is 5.88 Å². The minimum atomic E-state index is -1.03. The first-order valence-electron chi connectivity index (χ1n) is 7.72. The van der Waals surface area contributed by atoms with Crippen LogP contribution in [0.5, 0.6) is 11.6 Å². The van der Waals surface area contributed by atoms with Gasteiger partial charge in [-0.25, -0.2) is 9.78 Å². The summed E-state index contributed by atoms with van der Waals surface area (Å²) in [5, 5.41) is 9.34. The van der Waals surface area contributed by atoms with Crippen molar-refractivity contribution in [1.82, 2.24) is 4.98 Å². The number of aromatic nitrogens is 1. The van der Waals surface area contributed by atoms with Gasteiger partial charge in [0.05, 0.1) is 18.4 Å². The number of hydrogen-bond acceptors (Lipinski definition) is 4.